The lowest BCUT2D eigenvalue weighted by Crippen LogP contribution is -2.28. The zero-order chi connectivity index (χ0) is 15.6. The molecule has 2 aliphatic rings. The Morgan fingerprint density at radius 1 is 1.22 bits per heavy atom. The molecule has 5 nitrogen and oxygen atoms in total. The largest absolute Gasteiger partial charge is 0.493 e. The fourth-order valence-electron chi connectivity index (χ4n) is 3.19. The van der Waals surface area contributed by atoms with Gasteiger partial charge in [-0.2, -0.15) is 0 Å². The summed E-state index contributed by atoms with van der Waals surface area (Å²) in [5.41, 5.74) is 3.77. The highest BCUT2D eigenvalue weighted by atomic mass is 16.7. The van der Waals surface area contributed by atoms with Gasteiger partial charge < -0.3 is 24.4 Å². The first-order valence-corrected chi connectivity index (χ1v) is 7.85. The van der Waals surface area contributed by atoms with Crippen LogP contribution < -0.4 is 24.4 Å². The number of benzene rings is 2. The minimum atomic E-state index is 0.256. The number of ether oxygens (including phenoxy) is 3. The van der Waals surface area contributed by atoms with Crippen LogP contribution in [0, 0.1) is 0 Å². The van der Waals surface area contributed by atoms with Gasteiger partial charge in [-0.1, -0.05) is 18.2 Å². The maximum Gasteiger partial charge on any atom is 0.231 e. The summed E-state index contributed by atoms with van der Waals surface area (Å²) in [5, 5.41) is 3.47. The van der Waals surface area contributed by atoms with E-state index in [4.69, 9.17) is 14.2 Å². The molecule has 4 rings (SSSR count). The summed E-state index contributed by atoms with van der Waals surface area (Å²) in [6, 6.07) is 12.6. The van der Waals surface area contributed by atoms with Gasteiger partial charge in [0.1, 0.15) is 0 Å². The van der Waals surface area contributed by atoms with Crippen molar-refractivity contribution in [3.8, 4) is 17.2 Å². The SMILES string of the molecule is COc1cc(CN2CCNCc3ccccc32)cc2c1OCO2. The van der Waals surface area contributed by atoms with Gasteiger partial charge in [-0.05, 0) is 29.3 Å². The highest BCUT2D eigenvalue weighted by molar-refractivity contribution is 5.58. The van der Waals surface area contributed by atoms with Crippen LogP contribution in [-0.2, 0) is 13.1 Å². The third-order valence-corrected chi connectivity index (χ3v) is 4.30. The van der Waals surface area contributed by atoms with E-state index in [0.717, 1.165) is 43.2 Å². The smallest absolute Gasteiger partial charge is 0.231 e. The zero-order valence-electron chi connectivity index (χ0n) is 13.2. The molecule has 0 bridgehead atoms. The molecule has 0 amide bonds. The van der Waals surface area contributed by atoms with Crippen LogP contribution >= 0.6 is 0 Å². The van der Waals surface area contributed by atoms with Gasteiger partial charge in [0.05, 0.1) is 7.11 Å². The van der Waals surface area contributed by atoms with Gasteiger partial charge in [-0.25, -0.2) is 0 Å². The average molecular weight is 312 g/mol. The molecular formula is C18H20N2O3. The fourth-order valence-corrected chi connectivity index (χ4v) is 3.19. The Hall–Kier alpha value is -2.40. The second kappa shape index (κ2) is 6.01. The normalized spacial score (nSPS) is 16.0. The van der Waals surface area contributed by atoms with Gasteiger partial charge in [0, 0.05) is 31.9 Å². The van der Waals surface area contributed by atoms with E-state index in [1.165, 1.54) is 11.3 Å². The molecule has 23 heavy (non-hydrogen) atoms. The van der Waals surface area contributed by atoms with Crippen LogP contribution in [-0.4, -0.2) is 27.0 Å². The third kappa shape index (κ3) is 2.68. The van der Waals surface area contributed by atoms with Crippen molar-refractivity contribution in [1.29, 1.82) is 0 Å². The van der Waals surface area contributed by atoms with E-state index in [-0.39, 0.29) is 6.79 Å². The van der Waals surface area contributed by atoms with E-state index in [9.17, 15) is 0 Å². The molecule has 0 radical (unpaired) electrons. The Kier molecular flexibility index (Phi) is 3.71. The summed E-state index contributed by atoms with van der Waals surface area (Å²) >= 11 is 0. The van der Waals surface area contributed by atoms with Gasteiger partial charge in [-0.3, -0.25) is 0 Å². The molecule has 0 saturated carbocycles. The summed E-state index contributed by atoms with van der Waals surface area (Å²) in [6.45, 7) is 3.92. The van der Waals surface area contributed by atoms with Crippen LogP contribution in [0.25, 0.3) is 0 Å². The number of fused-ring (bicyclic) bond motifs is 2. The Morgan fingerprint density at radius 2 is 2.13 bits per heavy atom. The first-order chi connectivity index (χ1) is 11.3. The van der Waals surface area contributed by atoms with Crippen molar-refractivity contribution < 1.29 is 14.2 Å². The van der Waals surface area contributed by atoms with Crippen molar-refractivity contribution in [2.24, 2.45) is 0 Å². The molecule has 0 spiro atoms. The molecule has 2 aromatic carbocycles. The standard InChI is InChI=1S/C18H20N2O3/c1-21-16-8-13(9-17-18(16)23-12-22-17)11-20-7-6-19-10-14-4-2-3-5-15(14)20/h2-5,8-9,19H,6-7,10-12H2,1H3. The molecule has 2 aliphatic heterocycles. The molecule has 0 aliphatic carbocycles. The first-order valence-electron chi connectivity index (χ1n) is 7.85. The predicted molar refractivity (Wildman–Crippen MR) is 88.3 cm³/mol. The van der Waals surface area contributed by atoms with Crippen LogP contribution in [0.5, 0.6) is 17.2 Å². The van der Waals surface area contributed by atoms with Crippen molar-refractivity contribution >= 4 is 5.69 Å². The Labute approximate surface area is 135 Å². The number of methoxy groups -OCH3 is 1. The van der Waals surface area contributed by atoms with Crippen LogP contribution in [0.15, 0.2) is 36.4 Å². The molecule has 120 valence electrons. The Morgan fingerprint density at radius 3 is 3.04 bits per heavy atom. The molecular weight excluding hydrogens is 292 g/mol. The highest BCUT2D eigenvalue weighted by Crippen LogP contribution is 2.42. The Balaban J connectivity index is 1.66. The minimum Gasteiger partial charge on any atom is -0.493 e. The van der Waals surface area contributed by atoms with Gasteiger partial charge in [-0.15, -0.1) is 0 Å². The molecule has 5 heteroatoms. The van der Waals surface area contributed by atoms with Crippen LogP contribution in [0.1, 0.15) is 11.1 Å². The average Bonchev–Trinajstić information content (AvgIpc) is 2.96. The lowest BCUT2D eigenvalue weighted by atomic mass is 10.1. The molecule has 1 N–H and O–H groups in total. The van der Waals surface area contributed by atoms with Crippen molar-refractivity contribution in [2.75, 3.05) is 31.9 Å². The predicted octanol–water partition coefficient (Wildman–Crippen LogP) is 2.53. The first kappa shape index (κ1) is 14.2. The number of rotatable bonds is 3. The van der Waals surface area contributed by atoms with Gasteiger partial charge in [0.2, 0.25) is 12.5 Å². The number of nitrogens with one attached hydrogen (secondary N) is 1. The monoisotopic (exact) mass is 312 g/mol. The summed E-state index contributed by atoms with van der Waals surface area (Å²) < 4.78 is 16.4. The maximum atomic E-state index is 5.53. The van der Waals surface area contributed by atoms with E-state index >= 15 is 0 Å². The number of hydrogen-bond donors (Lipinski definition) is 1. The van der Waals surface area contributed by atoms with E-state index in [1.54, 1.807) is 7.11 Å². The van der Waals surface area contributed by atoms with Crippen LogP contribution in [0.3, 0.4) is 0 Å². The van der Waals surface area contributed by atoms with Crippen molar-refractivity contribution in [1.82, 2.24) is 5.32 Å². The molecule has 0 unspecified atom stereocenters. The maximum absolute atomic E-state index is 5.53. The molecule has 2 aromatic rings. The zero-order valence-corrected chi connectivity index (χ0v) is 13.2. The number of anilines is 1. The number of nitrogens with zero attached hydrogens (tertiary/aromatic N) is 1. The van der Waals surface area contributed by atoms with Gasteiger partial charge >= 0.3 is 0 Å². The van der Waals surface area contributed by atoms with Crippen LogP contribution in [0.4, 0.5) is 5.69 Å². The van der Waals surface area contributed by atoms with Gasteiger partial charge in [0.15, 0.2) is 11.5 Å². The van der Waals surface area contributed by atoms with Crippen LogP contribution in [0.2, 0.25) is 0 Å². The summed E-state index contributed by atoms with van der Waals surface area (Å²) in [6.07, 6.45) is 0. The molecule has 0 fully saturated rings. The van der Waals surface area contributed by atoms with Crippen molar-refractivity contribution in [3.05, 3.63) is 47.5 Å². The van der Waals surface area contributed by atoms with Crippen molar-refractivity contribution in [2.45, 2.75) is 13.1 Å². The summed E-state index contributed by atoms with van der Waals surface area (Å²) in [5.74, 6) is 2.20. The molecule has 0 atom stereocenters. The van der Waals surface area contributed by atoms with E-state index < -0.39 is 0 Å². The van der Waals surface area contributed by atoms with Gasteiger partial charge in [0.25, 0.3) is 0 Å². The topological polar surface area (TPSA) is 43.0 Å². The Bertz CT molecular complexity index is 717. The van der Waals surface area contributed by atoms with E-state index in [0.29, 0.717) is 5.75 Å². The third-order valence-electron chi connectivity index (χ3n) is 4.30. The molecule has 0 aromatic heterocycles. The fraction of sp³-hybridized carbons (Fsp3) is 0.333. The van der Waals surface area contributed by atoms with Crippen molar-refractivity contribution in [3.63, 3.8) is 0 Å². The molecule has 2 heterocycles. The van der Waals surface area contributed by atoms with E-state index in [1.807, 2.05) is 12.1 Å². The molecule has 0 saturated heterocycles. The number of hydrogen-bond acceptors (Lipinski definition) is 5. The summed E-state index contributed by atoms with van der Waals surface area (Å²) in [4.78, 5) is 2.40. The number of para-hydroxylation sites is 1. The highest BCUT2D eigenvalue weighted by Gasteiger charge is 2.22. The second-order valence-corrected chi connectivity index (χ2v) is 5.76. The second-order valence-electron chi connectivity index (χ2n) is 5.76. The summed E-state index contributed by atoms with van der Waals surface area (Å²) in [7, 11) is 1.66. The minimum absolute atomic E-state index is 0.256. The lowest BCUT2D eigenvalue weighted by molar-refractivity contribution is 0.171. The van der Waals surface area contributed by atoms with E-state index in [2.05, 4.69) is 34.5 Å². The lowest BCUT2D eigenvalue weighted by Gasteiger charge is -2.25. The quantitative estimate of drug-likeness (QED) is 0.943.